The molecule has 0 heterocycles. The van der Waals surface area contributed by atoms with Crippen LogP contribution in [0.2, 0.25) is 0 Å². The first kappa shape index (κ1) is 8.72. The Morgan fingerprint density at radius 3 is 2.33 bits per heavy atom. The van der Waals surface area contributed by atoms with E-state index in [1.165, 1.54) is 14.2 Å². The van der Waals surface area contributed by atoms with Gasteiger partial charge in [-0.2, -0.15) is 0 Å². The predicted octanol–water partition coefficient (Wildman–Crippen LogP) is 0.633. The molecule has 1 atom stereocenters. The molecule has 1 amide bonds. The van der Waals surface area contributed by atoms with E-state index in [0.717, 1.165) is 5.06 Å². The Balaban J connectivity index is 3.73. The van der Waals surface area contributed by atoms with E-state index in [1.54, 1.807) is 6.92 Å². The van der Waals surface area contributed by atoms with Crippen molar-refractivity contribution in [1.29, 1.82) is 0 Å². The minimum Gasteiger partial charge on any atom is -0.275 e. The predicted molar refractivity (Wildman–Crippen MR) is 35.1 cm³/mol. The van der Waals surface area contributed by atoms with Gasteiger partial charge in [-0.25, -0.2) is 5.06 Å². The highest BCUT2D eigenvalue weighted by Crippen LogP contribution is 1.98. The molecule has 54 valence electrons. The summed E-state index contributed by atoms with van der Waals surface area (Å²) in [5, 5.41) is 0.576. The van der Waals surface area contributed by atoms with Gasteiger partial charge in [0.15, 0.2) is 0 Å². The van der Waals surface area contributed by atoms with Crippen molar-refractivity contribution in [2.45, 2.75) is 12.3 Å². The summed E-state index contributed by atoms with van der Waals surface area (Å²) in [6.07, 6.45) is 0. The highest BCUT2D eigenvalue weighted by molar-refractivity contribution is 6.30. The lowest BCUT2D eigenvalue weighted by molar-refractivity contribution is -0.167. The molecule has 0 spiro atoms. The van der Waals surface area contributed by atoms with Crippen molar-refractivity contribution >= 4 is 17.5 Å². The topological polar surface area (TPSA) is 29.5 Å². The standard InChI is InChI=1S/C5H10ClNO2/c1-4(6)5(8)7(2)9-3/h4H,1-3H3. The highest BCUT2D eigenvalue weighted by Gasteiger charge is 2.13. The molecule has 0 N–H and O–H groups in total. The van der Waals surface area contributed by atoms with Gasteiger partial charge in [0.25, 0.3) is 5.91 Å². The lowest BCUT2D eigenvalue weighted by Gasteiger charge is -2.14. The van der Waals surface area contributed by atoms with Crippen LogP contribution in [0.5, 0.6) is 0 Å². The molecule has 0 rings (SSSR count). The molecular weight excluding hydrogens is 142 g/mol. The fraction of sp³-hybridized carbons (Fsp3) is 0.800. The molecule has 0 aromatic heterocycles. The van der Waals surface area contributed by atoms with E-state index >= 15 is 0 Å². The van der Waals surface area contributed by atoms with Crippen LogP contribution < -0.4 is 0 Å². The highest BCUT2D eigenvalue weighted by atomic mass is 35.5. The molecule has 0 fully saturated rings. The van der Waals surface area contributed by atoms with Gasteiger partial charge >= 0.3 is 0 Å². The maximum atomic E-state index is 10.7. The van der Waals surface area contributed by atoms with E-state index < -0.39 is 5.38 Å². The second kappa shape index (κ2) is 3.69. The Bertz CT molecular complexity index is 105. The fourth-order valence-electron chi connectivity index (χ4n) is 0.340. The smallest absolute Gasteiger partial charge is 0.263 e. The molecule has 9 heavy (non-hydrogen) atoms. The van der Waals surface area contributed by atoms with Crippen LogP contribution in [-0.4, -0.2) is 30.5 Å². The Kier molecular flexibility index (Phi) is 3.58. The summed E-state index contributed by atoms with van der Waals surface area (Å²) in [6.45, 7) is 1.60. The van der Waals surface area contributed by atoms with Crippen molar-refractivity contribution in [1.82, 2.24) is 5.06 Å². The first-order valence-electron chi connectivity index (χ1n) is 2.55. The minimum atomic E-state index is -0.519. The van der Waals surface area contributed by atoms with E-state index in [2.05, 4.69) is 4.84 Å². The lowest BCUT2D eigenvalue weighted by atomic mass is 10.4. The molecule has 0 aromatic rings. The van der Waals surface area contributed by atoms with Crippen LogP contribution in [0.3, 0.4) is 0 Å². The Hall–Kier alpha value is -0.280. The largest absolute Gasteiger partial charge is 0.275 e. The average Bonchev–Trinajstić information content (AvgIpc) is 1.84. The van der Waals surface area contributed by atoms with Crippen LogP contribution in [-0.2, 0) is 9.63 Å². The SMILES string of the molecule is CON(C)C(=O)C(C)Cl. The molecule has 1 unspecified atom stereocenters. The molecule has 0 aliphatic heterocycles. The molecule has 0 saturated carbocycles. The minimum absolute atomic E-state index is 0.237. The maximum absolute atomic E-state index is 10.7. The zero-order chi connectivity index (χ0) is 7.44. The van der Waals surface area contributed by atoms with Crippen molar-refractivity contribution in [2.75, 3.05) is 14.2 Å². The van der Waals surface area contributed by atoms with Gasteiger partial charge < -0.3 is 0 Å². The molecule has 0 bridgehead atoms. The van der Waals surface area contributed by atoms with Crippen LogP contribution in [0.25, 0.3) is 0 Å². The number of hydrogen-bond donors (Lipinski definition) is 0. The van der Waals surface area contributed by atoms with Crippen molar-refractivity contribution in [3.63, 3.8) is 0 Å². The second-order valence-electron chi connectivity index (χ2n) is 1.63. The van der Waals surface area contributed by atoms with Crippen molar-refractivity contribution in [3.8, 4) is 0 Å². The third-order valence-corrected chi connectivity index (χ3v) is 1.11. The number of carbonyl (C=O) groups is 1. The monoisotopic (exact) mass is 151 g/mol. The Morgan fingerprint density at radius 1 is 1.78 bits per heavy atom. The number of alkyl halides is 1. The van der Waals surface area contributed by atoms with Gasteiger partial charge in [0, 0.05) is 7.05 Å². The van der Waals surface area contributed by atoms with E-state index in [9.17, 15) is 4.79 Å². The van der Waals surface area contributed by atoms with E-state index in [4.69, 9.17) is 11.6 Å². The van der Waals surface area contributed by atoms with Crippen LogP contribution in [0.4, 0.5) is 0 Å². The number of hydroxylamine groups is 2. The van der Waals surface area contributed by atoms with Gasteiger partial charge in [-0.05, 0) is 6.92 Å². The maximum Gasteiger partial charge on any atom is 0.263 e. The quantitative estimate of drug-likeness (QED) is 0.428. The van der Waals surface area contributed by atoms with Gasteiger partial charge in [0.05, 0.1) is 7.11 Å². The number of amides is 1. The van der Waals surface area contributed by atoms with Crippen LogP contribution >= 0.6 is 11.6 Å². The number of rotatable bonds is 2. The van der Waals surface area contributed by atoms with E-state index in [0.29, 0.717) is 0 Å². The molecule has 3 nitrogen and oxygen atoms in total. The molecule has 4 heteroatoms. The summed E-state index contributed by atoms with van der Waals surface area (Å²) in [5.41, 5.74) is 0. The molecule has 0 radical (unpaired) electrons. The summed E-state index contributed by atoms with van der Waals surface area (Å²) in [4.78, 5) is 15.3. The second-order valence-corrected chi connectivity index (χ2v) is 2.29. The van der Waals surface area contributed by atoms with Gasteiger partial charge in [0.2, 0.25) is 0 Å². The van der Waals surface area contributed by atoms with Gasteiger partial charge in [-0.1, -0.05) is 0 Å². The fourth-order valence-corrected chi connectivity index (χ4v) is 0.478. The molecule has 0 aliphatic carbocycles. The first-order valence-corrected chi connectivity index (χ1v) is 2.99. The number of carbonyl (C=O) groups excluding carboxylic acids is 1. The van der Waals surface area contributed by atoms with E-state index in [1.807, 2.05) is 0 Å². The lowest BCUT2D eigenvalue weighted by Crippen LogP contribution is -2.30. The third kappa shape index (κ3) is 2.67. The zero-order valence-corrected chi connectivity index (χ0v) is 6.47. The van der Waals surface area contributed by atoms with Gasteiger partial charge in [-0.15, -0.1) is 11.6 Å². The van der Waals surface area contributed by atoms with Crippen molar-refractivity contribution < 1.29 is 9.63 Å². The van der Waals surface area contributed by atoms with Gasteiger partial charge in [0.1, 0.15) is 5.38 Å². The normalized spacial score (nSPS) is 12.9. The number of hydrogen-bond acceptors (Lipinski definition) is 2. The summed E-state index contributed by atoms with van der Waals surface area (Å²) in [6, 6.07) is 0. The van der Waals surface area contributed by atoms with Crippen molar-refractivity contribution in [2.24, 2.45) is 0 Å². The third-order valence-electron chi connectivity index (χ3n) is 0.925. The average molecular weight is 152 g/mol. The Labute approximate surface area is 59.5 Å². The molecule has 0 aliphatic rings. The number of nitrogens with zero attached hydrogens (tertiary/aromatic N) is 1. The summed E-state index contributed by atoms with van der Waals surface area (Å²) >= 11 is 5.43. The molecule has 0 saturated heterocycles. The van der Waals surface area contributed by atoms with Crippen molar-refractivity contribution in [3.05, 3.63) is 0 Å². The van der Waals surface area contributed by atoms with Crippen LogP contribution in [0, 0.1) is 0 Å². The summed E-state index contributed by atoms with van der Waals surface area (Å²) in [7, 11) is 2.93. The molecule has 0 aromatic carbocycles. The zero-order valence-electron chi connectivity index (χ0n) is 5.72. The summed E-state index contributed by atoms with van der Waals surface area (Å²) < 4.78 is 0. The van der Waals surface area contributed by atoms with Crippen LogP contribution in [0.1, 0.15) is 6.92 Å². The summed E-state index contributed by atoms with van der Waals surface area (Å²) in [5.74, 6) is -0.237. The van der Waals surface area contributed by atoms with Gasteiger partial charge in [-0.3, -0.25) is 9.63 Å². The van der Waals surface area contributed by atoms with Crippen LogP contribution in [0.15, 0.2) is 0 Å². The first-order chi connectivity index (χ1) is 4.09. The number of halogens is 1. The van der Waals surface area contributed by atoms with E-state index in [-0.39, 0.29) is 5.91 Å². The molecular formula is C5H10ClNO2. The Morgan fingerprint density at radius 2 is 2.22 bits per heavy atom.